The number of rotatable bonds is 4. The number of hydrogen-bond acceptors (Lipinski definition) is 4. The molecule has 104 valence electrons. The average molecular weight is 386 g/mol. The molecule has 0 spiro atoms. The molecule has 0 atom stereocenters. The molecule has 0 aliphatic heterocycles. The van der Waals surface area contributed by atoms with Gasteiger partial charge in [-0.3, -0.25) is 23.9 Å². The molecular formula is C13H11IN2O4. The standard InChI is InChI=1S/C13H11IN2O4/c14-8-3-4-10-9(6-8)13(20)16(11(17)7-15-10)5-1-2-12(18)19/h3-4,6-7H,1-2,5H2,(H,18,19). The van der Waals surface area contributed by atoms with E-state index in [9.17, 15) is 14.4 Å². The Morgan fingerprint density at radius 3 is 2.80 bits per heavy atom. The summed E-state index contributed by atoms with van der Waals surface area (Å²) in [4.78, 5) is 38.7. The van der Waals surface area contributed by atoms with E-state index in [4.69, 9.17) is 5.11 Å². The van der Waals surface area contributed by atoms with Crippen molar-refractivity contribution in [3.05, 3.63) is 48.7 Å². The van der Waals surface area contributed by atoms with Crippen LogP contribution in [0.3, 0.4) is 0 Å². The van der Waals surface area contributed by atoms with E-state index < -0.39 is 17.1 Å². The summed E-state index contributed by atoms with van der Waals surface area (Å²) in [6, 6.07) is 5.15. The van der Waals surface area contributed by atoms with Crippen LogP contribution < -0.4 is 11.1 Å². The third kappa shape index (κ3) is 3.21. The Kier molecular flexibility index (Phi) is 4.48. The fraction of sp³-hybridized carbons (Fsp3) is 0.231. The summed E-state index contributed by atoms with van der Waals surface area (Å²) in [5, 5.41) is 8.96. The fourth-order valence-electron chi connectivity index (χ4n) is 1.83. The molecule has 0 amide bonds. The number of benzene rings is 1. The molecule has 1 aromatic heterocycles. The van der Waals surface area contributed by atoms with Crippen LogP contribution in [0, 0.1) is 3.57 Å². The SMILES string of the molecule is O=C(O)CCCn1c(=O)cnc2ccc(I)cc2c1=O. The van der Waals surface area contributed by atoms with Crippen molar-refractivity contribution in [3.8, 4) is 0 Å². The summed E-state index contributed by atoms with van der Waals surface area (Å²) in [6.45, 7) is 0.0703. The number of carbonyl (C=O) groups is 1. The zero-order valence-corrected chi connectivity index (χ0v) is 12.5. The molecule has 20 heavy (non-hydrogen) atoms. The fourth-order valence-corrected chi connectivity index (χ4v) is 2.32. The van der Waals surface area contributed by atoms with Crippen LogP contribution in [0.15, 0.2) is 34.0 Å². The predicted molar refractivity (Wildman–Crippen MR) is 81.9 cm³/mol. The number of carboxylic acids is 1. The average Bonchev–Trinajstić information content (AvgIpc) is 2.50. The first-order valence-electron chi connectivity index (χ1n) is 5.90. The van der Waals surface area contributed by atoms with Gasteiger partial charge in [-0.05, 0) is 47.2 Å². The summed E-state index contributed by atoms with van der Waals surface area (Å²) in [7, 11) is 0. The number of nitrogens with zero attached hydrogens (tertiary/aromatic N) is 2. The molecule has 6 nitrogen and oxygen atoms in total. The van der Waals surface area contributed by atoms with E-state index in [1.54, 1.807) is 18.2 Å². The lowest BCUT2D eigenvalue weighted by Crippen LogP contribution is -2.30. The maximum atomic E-state index is 12.3. The molecule has 0 aliphatic rings. The van der Waals surface area contributed by atoms with Crippen molar-refractivity contribution < 1.29 is 9.90 Å². The summed E-state index contributed by atoms with van der Waals surface area (Å²) in [6.07, 6.45) is 1.23. The van der Waals surface area contributed by atoms with Crippen molar-refractivity contribution in [2.75, 3.05) is 0 Å². The van der Waals surface area contributed by atoms with Crippen LogP contribution >= 0.6 is 22.6 Å². The molecule has 1 aromatic carbocycles. The second-order valence-electron chi connectivity index (χ2n) is 4.21. The van der Waals surface area contributed by atoms with E-state index in [0.717, 1.165) is 14.3 Å². The lowest BCUT2D eigenvalue weighted by atomic mass is 10.2. The highest BCUT2D eigenvalue weighted by Gasteiger charge is 2.07. The minimum Gasteiger partial charge on any atom is -0.481 e. The normalized spacial score (nSPS) is 10.7. The van der Waals surface area contributed by atoms with Gasteiger partial charge in [0, 0.05) is 16.5 Å². The number of fused-ring (bicyclic) bond motifs is 1. The lowest BCUT2D eigenvalue weighted by molar-refractivity contribution is -0.137. The lowest BCUT2D eigenvalue weighted by Gasteiger charge is -2.00. The van der Waals surface area contributed by atoms with Crippen LogP contribution in [0.25, 0.3) is 10.9 Å². The van der Waals surface area contributed by atoms with Gasteiger partial charge >= 0.3 is 5.97 Å². The van der Waals surface area contributed by atoms with Gasteiger partial charge in [0.25, 0.3) is 11.1 Å². The second-order valence-corrected chi connectivity index (χ2v) is 5.46. The maximum absolute atomic E-state index is 12.3. The van der Waals surface area contributed by atoms with Crippen molar-refractivity contribution in [2.24, 2.45) is 0 Å². The highest BCUT2D eigenvalue weighted by Crippen LogP contribution is 2.10. The van der Waals surface area contributed by atoms with Crippen molar-refractivity contribution in [1.82, 2.24) is 9.55 Å². The molecule has 0 saturated heterocycles. The van der Waals surface area contributed by atoms with E-state index in [2.05, 4.69) is 27.6 Å². The smallest absolute Gasteiger partial charge is 0.303 e. The minimum absolute atomic E-state index is 0.0703. The topological polar surface area (TPSA) is 89.3 Å². The van der Waals surface area contributed by atoms with Crippen LogP contribution in [0.1, 0.15) is 12.8 Å². The second kappa shape index (κ2) is 6.12. The van der Waals surface area contributed by atoms with E-state index in [1.807, 2.05) is 0 Å². The number of carboxylic acid groups (broad SMARTS) is 1. The molecule has 0 bridgehead atoms. The van der Waals surface area contributed by atoms with Gasteiger partial charge in [0.15, 0.2) is 0 Å². The van der Waals surface area contributed by atoms with Gasteiger partial charge in [0.1, 0.15) is 0 Å². The summed E-state index contributed by atoms with van der Waals surface area (Å²) in [5.41, 5.74) is -0.512. The Morgan fingerprint density at radius 1 is 1.35 bits per heavy atom. The van der Waals surface area contributed by atoms with Crippen LogP contribution in [-0.2, 0) is 11.3 Å². The molecular weight excluding hydrogens is 375 g/mol. The van der Waals surface area contributed by atoms with Crippen molar-refractivity contribution in [2.45, 2.75) is 19.4 Å². The molecule has 1 N–H and O–H groups in total. The van der Waals surface area contributed by atoms with E-state index in [-0.39, 0.29) is 19.4 Å². The Bertz CT molecular complexity index is 785. The first-order valence-corrected chi connectivity index (χ1v) is 6.98. The van der Waals surface area contributed by atoms with Gasteiger partial charge in [-0.1, -0.05) is 0 Å². The molecule has 0 saturated carbocycles. The van der Waals surface area contributed by atoms with E-state index in [0.29, 0.717) is 10.9 Å². The van der Waals surface area contributed by atoms with Gasteiger partial charge in [-0.15, -0.1) is 0 Å². The Morgan fingerprint density at radius 2 is 2.10 bits per heavy atom. The predicted octanol–water partition coefficient (Wildman–Crippen LogP) is 1.23. The number of hydrogen-bond donors (Lipinski definition) is 1. The number of halogens is 1. The molecule has 0 fully saturated rings. The first-order chi connectivity index (χ1) is 9.49. The molecule has 0 aliphatic carbocycles. The summed E-state index contributed by atoms with van der Waals surface area (Å²) >= 11 is 2.07. The molecule has 0 radical (unpaired) electrons. The quantitative estimate of drug-likeness (QED) is 0.799. The Balaban J connectivity index is 2.57. The zero-order valence-electron chi connectivity index (χ0n) is 10.4. The Labute approximate surface area is 127 Å². The van der Waals surface area contributed by atoms with Crippen molar-refractivity contribution in [1.29, 1.82) is 0 Å². The molecule has 2 rings (SSSR count). The van der Waals surface area contributed by atoms with Crippen LogP contribution in [0.5, 0.6) is 0 Å². The third-order valence-electron chi connectivity index (χ3n) is 2.79. The Hall–Kier alpha value is -1.77. The van der Waals surface area contributed by atoms with Gasteiger partial charge in [0.05, 0.1) is 17.1 Å². The van der Waals surface area contributed by atoms with Crippen molar-refractivity contribution >= 4 is 39.5 Å². The zero-order chi connectivity index (χ0) is 14.7. The highest BCUT2D eigenvalue weighted by atomic mass is 127. The molecule has 1 heterocycles. The number of aromatic nitrogens is 2. The monoisotopic (exact) mass is 386 g/mol. The van der Waals surface area contributed by atoms with Gasteiger partial charge in [-0.2, -0.15) is 0 Å². The molecule has 2 aromatic rings. The molecule has 0 unspecified atom stereocenters. The van der Waals surface area contributed by atoms with Crippen LogP contribution in [-0.4, -0.2) is 20.6 Å². The molecule has 7 heteroatoms. The first kappa shape index (κ1) is 14.6. The van der Waals surface area contributed by atoms with Crippen LogP contribution in [0.4, 0.5) is 0 Å². The van der Waals surface area contributed by atoms with Gasteiger partial charge in [-0.25, -0.2) is 0 Å². The van der Waals surface area contributed by atoms with Gasteiger partial charge in [0.2, 0.25) is 0 Å². The summed E-state index contributed by atoms with van der Waals surface area (Å²) in [5.74, 6) is -0.955. The number of aliphatic carboxylic acids is 1. The largest absolute Gasteiger partial charge is 0.481 e. The van der Waals surface area contributed by atoms with E-state index in [1.165, 1.54) is 0 Å². The minimum atomic E-state index is -0.955. The van der Waals surface area contributed by atoms with E-state index >= 15 is 0 Å². The van der Waals surface area contributed by atoms with Crippen molar-refractivity contribution in [3.63, 3.8) is 0 Å². The third-order valence-corrected chi connectivity index (χ3v) is 3.46. The van der Waals surface area contributed by atoms with Gasteiger partial charge < -0.3 is 5.11 Å². The maximum Gasteiger partial charge on any atom is 0.303 e. The highest BCUT2D eigenvalue weighted by molar-refractivity contribution is 14.1. The summed E-state index contributed by atoms with van der Waals surface area (Å²) < 4.78 is 1.90. The van der Waals surface area contributed by atoms with Crippen LogP contribution in [0.2, 0.25) is 0 Å².